The number of carbonyl (C=O) groups is 2. The van der Waals surface area contributed by atoms with Crippen molar-refractivity contribution in [1.29, 1.82) is 0 Å². The van der Waals surface area contributed by atoms with Crippen molar-refractivity contribution in [2.24, 2.45) is 0 Å². The average Bonchev–Trinajstić information content (AvgIpc) is 3.58. The molecule has 0 fully saturated rings. The quantitative estimate of drug-likeness (QED) is 0.134. The zero-order valence-electron chi connectivity index (χ0n) is 21.6. The van der Waals surface area contributed by atoms with Gasteiger partial charge in [-0.15, -0.1) is 0 Å². The van der Waals surface area contributed by atoms with Crippen LogP contribution in [0.25, 0.3) is 23.4 Å². The van der Waals surface area contributed by atoms with Gasteiger partial charge in [-0.1, -0.05) is 42.5 Å². The zero-order valence-corrected chi connectivity index (χ0v) is 21.6. The minimum Gasteiger partial charge on any atom is -0.356 e. The monoisotopic (exact) mass is 534 g/mol. The molecule has 4 aromatic rings. The first-order valence-corrected chi connectivity index (χ1v) is 12.6. The Labute approximate surface area is 230 Å². The molecule has 0 aliphatic carbocycles. The fourth-order valence-corrected chi connectivity index (χ4v) is 4.38. The molecule has 10 heteroatoms. The number of benzene rings is 3. The molecule has 10 nitrogen and oxygen atoms in total. The van der Waals surface area contributed by atoms with E-state index in [1.807, 2.05) is 60.7 Å². The second-order valence-corrected chi connectivity index (χ2v) is 9.20. The van der Waals surface area contributed by atoms with Crippen LogP contribution >= 0.6 is 0 Å². The second kappa shape index (κ2) is 11.5. The molecule has 2 amide bonds. The molecule has 3 aromatic carbocycles. The lowest BCUT2D eigenvalue weighted by molar-refractivity contribution is -0.384. The molecule has 0 spiro atoms. The summed E-state index contributed by atoms with van der Waals surface area (Å²) in [6, 6.07) is 19.6. The van der Waals surface area contributed by atoms with Gasteiger partial charge < -0.3 is 20.9 Å². The number of nitrogens with one attached hydrogen (secondary N) is 4. The van der Waals surface area contributed by atoms with E-state index in [0.717, 1.165) is 28.1 Å². The van der Waals surface area contributed by atoms with Gasteiger partial charge in [-0.25, -0.2) is 4.98 Å². The highest BCUT2D eigenvalue weighted by Crippen LogP contribution is 2.39. The summed E-state index contributed by atoms with van der Waals surface area (Å²) in [5, 5.41) is 20.5. The molecular formula is C30H26N6O4. The number of amides is 2. The first-order chi connectivity index (χ1) is 19.4. The summed E-state index contributed by atoms with van der Waals surface area (Å²) in [4.78, 5) is 42.5. The Morgan fingerprint density at radius 3 is 2.50 bits per heavy atom. The standard InChI is InChI=1S/C30H26N6O4/c1-19(37)32-15-14-21-2-7-22(8-3-21)29(28-26-16-25(36(39)40)12-13-27(26)35-30(28)38)34-23-9-4-20(5-10-23)6-11-24-17-31-18-33-24/h2-13,16-18,34H,14-15H2,1H3,(H,31,33)(H,32,37)(H,35,38)/b11-6+,29-28-. The minimum absolute atomic E-state index is 0.0875. The Balaban J connectivity index is 1.50. The van der Waals surface area contributed by atoms with Gasteiger partial charge >= 0.3 is 0 Å². The number of non-ortho nitro benzene ring substituents is 1. The number of aromatic amines is 1. The van der Waals surface area contributed by atoms with E-state index in [9.17, 15) is 19.7 Å². The zero-order chi connectivity index (χ0) is 28.1. The van der Waals surface area contributed by atoms with E-state index >= 15 is 0 Å². The summed E-state index contributed by atoms with van der Waals surface area (Å²) < 4.78 is 0. The van der Waals surface area contributed by atoms with Gasteiger partial charge in [-0.3, -0.25) is 19.7 Å². The predicted octanol–water partition coefficient (Wildman–Crippen LogP) is 5.10. The van der Waals surface area contributed by atoms with Crippen molar-refractivity contribution in [1.82, 2.24) is 15.3 Å². The van der Waals surface area contributed by atoms with Crippen LogP contribution in [0.4, 0.5) is 17.1 Å². The van der Waals surface area contributed by atoms with Crippen molar-refractivity contribution < 1.29 is 14.5 Å². The number of carbonyl (C=O) groups excluding carboxylic acids is 2. The van der Waals surface area contributed by atoms with E-state index in [1.54, 1.807) is 18.6 Å². The molecule has 2 heterocycles. The van der Waals surface area contributed by atoms with E-state index < -0.39 is 4.92 Å². The number of hydrogen-bond acceptors (Lipinski definition) is 6. The Kier molecular flexibility index (Phi) is 7.49. The number of fused-ring (bicyclic) bond motifs is 1. The van der Waals surface area contributed by atoms with Crippen molar-refractivity contribution in [3.05, 3.63) is 117 Å². The Bertz CT molecular complexity index is 1620. The Morgan fingerprint density at radius 1 is 1.05 bits per heavy atom. The van der Waals surface area contributed by atoms with Gasteiger partial charge in [0.1, 0.15) is 0 Å². The van der Waals surface area contributed by atoms with Gasteiger partial charge in [0.25, 0.3) is 11.6 Å². The van der Waals surface area contributed by atoms with Crippen LogP contribution in [0.2, 0.25) is 0 Å². The van der Waals surface area contributed by atoms with Crippen LogP contribution in [0, 0.1) is 10.1 Å². The number of imidazole rings is 1. The maximum Gasteiger partial charge on any atom is 0.270 e. The van der Waals surface area contributed by atoms with Crippen LogP contribution in [-0.4, -0.2) is 33.3 Å². The van der Waals surface area contributed by atoms with Crippen LogP contribution in [0.15, 0.2) is 79.3 Å². The molecule has 1 aliphatic rings. The van der Waals surface area contributed by atoms with Crippen molar-refractivity contribution in [2.75, 3.05) is 17.2 Å². The van der Waals surface area contributed by atoms with Crippen LogP contribution < -0.4 is 16.0 Å². The summed E-state index contributed by atoms with van der Waals surface area (Å²) in [7, 11) is 0. The molecule has 0 unspecified atom stereocenters. The third kappa shape index (κ3) is 5.97. The number of nitro benzene ring substituents is 1. The van der Waals surface area contributed by atoms with Crippen LogP contribution in [-0.2, 0) is 16.0 Å². The minimum atomic E-state index is -0.479. The summed E-state index contributed by atoms with van der Waals surface area (Å²) >= 11 is 0. The molecule has 0 atom stereocenters. The SMILES string of the molecule is CC(=O)NCCc1ccc(/C(Nc2ccc(/C=C/c3c[nH]cn3)cc2)=C2/C(=O)Nc3ccc([N+](=O)[O-])cc32)cc1. The van der Waals surface area contributed by atoms with Crippen LogP contribution in [0.1, 0.15) is 34.9 Å². The molecule has 0 radical (unpaired) electrons. The van der Waals surface area contributed by atoms with Gasteiger partial charge in [0.2, 0.25) is 5.91 Å². The third-order valence-electron chi connectivity index (χ3n) is 6.38. The van der Waals surface area contributed by atoms with Gasteiger partial charge in [-0.2, -0.15) is 0 Å². The molecule has 200 valence electrons. The number of hydrogen-bond donors (Lipinski definition) is 4. The third-order valence-corrected chi connectivity index (χ3v) is 6.38. The highest BCUT2D eigenvalue weighted by atomic mass is 16.6. The number of nitro groups is 1. The van der Waals surface area contributed by atoms with E-state index in [1.165, 1.54) is 19.1 Å². The number of rotatable bonds is 9. The first kappa shape index (κ1) is 26.1. The van der Waals surface area contributed by atoms with Crippen molar-refractivity contribution in [2.45, 2.75) is 13.3 Å². The predicted molar refractivity (Wildman–Crippen MR) is 155 cm³/mol. The molecule has 40 heavy (non-hydrogen) atoms. The van der Waals surface area contributed by atoms with Crippen molar-refractivity contribution in [3.63, 3.8) is 0 Å². The van der Waals surface area contributed by atoms with Crippen molar-refractivity contribution >= 4 is 52.3 Å². The molecule has 4 N–H and O–H groups in total. The lowest BCUT2D eigenvalue weighted by Gasteiger charge is -2.15. The Hall–Kier alpha value is -5.51. The fourth-order valence-electron chi connectivity index (χ4n) is 4.38. The van der Waals surface area contributed by atoms with E-state index in [-0.39, 0.29) is 17.5 Å². The van der Waals surface area contributed by atoms with E-state index in [2.05, 4.69) is 25.9 Å². The summed E-state index contributed by atoms with van der Waals surface area (Å²) in [6.45, 7) is 1.99. The summed E-state index contributed by atoms with van der Waals surface area (Å²) in [6.07, 6.45) is 7.90. The van der Waals surface area contributed by atoms with Gasteiger partial charge in [0.15, 0.2) is 0 Å². The van der Waals surface area contributed by atoms with Crippen molar-refractivity contribution in [3.8, 4) is 0 Å². The average molecular weight is 535 g/mol. The highest BCUT2D eigenvalue weighted by Gasteiger charge is 2.30. The van der Waals surface area contributed by atoms with Crippen LogP contribution in [0.5, 0.6) is 0 Å². The molecular weight excluding hydrogens is 508 g/mol. The number of H-pyrrole nitrogens is 1. The topological polar surface area (TPSA) is 142 Å². The van der Waals surface area contributed by atoms with E-state index in [4.69, 9.17) is 0 Å². The molecule has 0 saturated heterocycles. The first-order valence-electron chi connectivity index (χ1n) is 12.6. The lowest BCUT2D eigenvalue weighted by atomic mass is 9.98. The maximum absolute atomic E-state index is 13.2. The molecule has 0 saturated carbocycles. The smallest absolute Gasteiger partial charge is 0.270 e. The molecule has 1 aromatic heterocycles. The van der Waals surface area contributed by atoms with Gasteiger partial charge in [0, 0.05) is 48.7 Å². The molecule has 5 rings (SSSR count). The largest absolute Gasteiger partial charge is 0.356 e. The van der Waals surface area contributed by atoms with Gasteiger partial charge in [0.05, 0.1) is 28.2 Å². The van der Waals surface area contributed by atoms with Crippen LogP contribution in [0.3, 0.4) is 0 Å². The normalized spacial score (nSPS) is 13.6. The summed E-state index contributed by atoms with van der Waals surface area (Å²) in [5.41, 5.74) is 5.95. The Morgan fingerprint density at radius 2 is 1.82 bits per heavy atom. The molecule has 0 bridgehead atoms. The molecule has 1 aliphatic heterocycles. The van der Waals surface area contributed by atoms with E-state index in [0.29, 0.717) is 35.5 Å². The number of nitrogens with zero attached hydrogens (tertiary/aromatic N) is 2. The lowest BCUT2D eigenvalue weighted by Crippen LogP contribution is -2.22. The highest BCUT2D eigenvalue weighted by molar-refractivity contribution is 6.37. The second-order valence-electron chi connectivity index (χ2n) is 9.20. The number of aromatic nitrogens is 2. The fraction of sp³-hybridized carbons (Fsp3) is 0.100. The number of anilines is 2. The van der Waals surface area contributed by atoms with Gasteiger partial charge in [-0.05, 0) is 47.4 Å². The summed E-state index contributed by atoms with van der Waals surface area (Å²) in [5.74, 6) is -0.443. The maximum atomic E-state index is 13.2.